The molecule has 0 bridgehead atoms. The van der Waals surface area contributed by atoms with Crippen molar-refractivity contribution in [2.45, 2.75) is 19.6 Å². The Hall–Kier alpha value is -3.50. The summed E-state index contributed by atoms with van der Waals surface area (Å²) in [5.41, 5.74) is 2.77. The molecule has 2 aromatic heterocycles. The Bertz CT molecular complexity index is 1330. The number of amides is 2. The molecular formula is C22H23N4O7P. The van der Waals surface area contributed by atoms with E-state index in [2.05, 4.69) is 20.1 Å². The van der Waals surface area contributed by atoms with Gasteiger partial charge in [-0.1, -0.05) is 18.2 Å². The van der Waals surface area contributed by atoms with E-state index in [0.717, 1.165) is 16.5 Å². The number of carbonyl (C=O) groups is 2. The lowest BCUT2D eigenvalue weighted by molar-refractivity contribution is -0.125. The Kier molecular flexibility index (Phi) is 6.54. The molecule has 4 rings (SSSR count). The number of phosphoric acid groups is 1. The third kappa shape index (κ3) is 5.35. The van der Waals surface area contributed by atoms with Gasteiger partial charge in [0.15, 0.2) is 11.9 Å². The number of likely N-dealkylation sites (N-methyl/N-ethyl adjacent to an activating group) is 1. The van der Waals surface area contributed by atoms with Gasteiger partial charge >= 0.3 is 7.82 Å². The lowest BCUT2D eigenvalue weighted by Gasteiger charge is -2.14. The maximum atomic E-state index is 12.6. The second-order valence-corrected chi connectivity index (χ2v) is 8.99. The van der Waals surface area contributed by atoms with E-state index in [4.69, 9.17) is 14.2 Å². The van der Waals surface area contributed by atoms with E-state index < -0.39 is 19.8 Å². The molecule has 0 fully saturated rings. The van der Waals surface area contributed by atoms with E-state index in [1.807, 2.05) is 31.2 Å². The second kappa shape index (κ2) is 9.40. The number of rotatable bonds is 6. The fraction of sp³-hybridized carbons (Fsp3) is 0.227. The molecule has 0 saturated carbocycles. The zero-order valence-corrected chi connectivity index (χ0v) is 19.3. The Morgan fingerprint density at radius 3 is 2.88 bits per heavy atom. The van der Waals surface area contributed by atoms with Crippen molar-refractivity contribution in [3.05, 3.63) is 59.5 Å². The van der Waals surface area contributed by atoms with E-state index in [1.165, 1.54) is 17.2 Å². The first kappa shape index (κ1) is 23.7. The molecule has 178 valence electrons. The van der Waals surface area contributed by atoms with Crippen molar-refractivity contribution in [3.8, 4) is 0 Å². The number of para-hydroxylation sites is 1. The molecule has 1 atom stereocenters. The van der Waals surface area contributed by atoms with Crippen molar-refractivity contribution in [2.75, 3.05) is 24.2 Å². The highest BCUT2D eigenvalue weighted by molar-refractivity contribution is 7.46. The molecule has 0 unspecified atom stereocenters. The number of fused-ring (bicyclic) bond motifs is 2. The van der Waals surface area contributed by atoms with Gasteiger partial charge < -0.3 is 29.7 Å². The predicted octanol–water partition coefficient (Wildman–Crippen LogP) is 2.65. The Morgan fingerprint density at radius 1 is 1.38 bits per heavy atom. The van der Waals surface area contributed by atoms with Crippen LogP contribution in [0.3, 0.4) is 0 Å². The largest absolute Gasteiger partial charge is 0.470 e. The van der Waals surface area contributed by atoms with Crippen LogP contribution in [0, 0.1) is 6.92 Å². The van der Waals surface area contributed by atoms with Crippen LogP contribution in [0.1, 0.15) is 16.9 Å². The summed E-state index contributed by atoms with van der Waals surface area (Å²) in [4.78, 5) is 48.4. The summed E-state index contributed by atoms with van der Waals surface area (Å²) in [7, 11) is -3.17. The average Bonchev–Trinajstić information content (AvgIpc) is 3.01. The number of phosphoric ester groups is 1. The quantitative estimate of drug-likeness (QED) is 0.304. The number of pyridine rings is 1. The summed E-state index contributed by atoms with van der Waals surface area (Å²) in [5.74, 6) is -0.0823. The zero-order chi connectivity index (χ0) is 24.5. The fourth-order valence-corrected chi connectivity index (χ4v) is 4.02. The van der Waals surface area contributed by atoms with Gasteiger partial charge in [0, 0.05) is 30.3 Å². The molecule has 1 aromatic carbocycles. The number of carbonyl (C=O) groups excluding carboxylic acids is 2. The van der Waals surface area contributed by atoms with Crippen molar-refractivity contribution in [3.63, 3.8) is 0 Å². The van der Waals surface area contributed by atoms with E-state index in [-0.39, 0.29) is 18.3 Å². The molecule has 4 N–H and O–H groups in total. The Labute approximate surface area is 194 Å². The van der Waals surface area contributed by atoms with Crippen molar-refractivity contribution in [1.82, 2.24) is 9.88 Å². The van der Waals surface area contributed by atoms with Crippen molar-refractivity contribution >= 4 is 48.2 Å². The lowest BCUT2D eigenvalue weighted by atomic mass is 10.1. The van der Waals surface area contributed by atoms with Crippen LogP contribution in [-0.2, 0) is 25.2 Å². The summed E-state index contributed by atoms with van der Waals surface area (Å²) in [6.07, 6.45) is 3.04. The van der Waals surface area contributed by atoms with Crippen LogP contribution in [0.15, 0.2) is 47.0 Å². The highest BCUT2D eigenvalue weighted by Crippen LogP contribution is 2.38. The summed E-state index contributed by atoms with van der Waals surface area (Å²) in [6, 6.07) is 9.34. The van der Waals surface area contributed by atoms with Crippen molar-refractivity contribution in [1.29, 1.82) is 0 Å². The summed E-state index contributed by atoms with van der Waals surface area (Å²) >= 11 is 0. The van der Waals surface area contributed by atoms with Crippen molar-refractivity contribution < 1.29 is 32.9 Å². The highest BCUT2D eigenvalue weighted by atomic mass is 31.2. The Balaban J connectivity index is 1.43. The van der Waals surface area contributed by atoms with Crippen LogP contribution in [0.2, 0.25) is 0 Å². The maximum absolute atomic E-state index is 12.6. The first-order chi connectivity index (χ1) is 16.1. The van der Waals surface area contributed by atoms with Gasteiger partial charge in [0.1, 0.15) is 11.3 Å². The molecule has 0 radical (unpaired) electrons. The van der Waals surface area contributed by atoms with Gasteiger partial charge in [-0.25, -0.2) is 9.55 Å². The summed E-state index contributed by atoms with van der Waals surface area (Å²) in [5, 5.41) is 6.35. The zero-order valence-electron chi connectivity index (χ0n) is 18.4. The minimum atomic E-state index is -4.85. The molecule has 0 saturated heterocycles. The lowest BCUT2D eigenvalue weighted by Crippen LogP contribution is -2.33. The summed E-state index contributed by atoms with van der Waals surface area (Å²) < 4.78 is 21.4. The van der Waals surface area contributed by atoms with Crippen molar-refractivity contribution in [2.24, 2.45) is 0 Å². The SMILES string of the molecule is Cc1c(CN(C)C(=O)/C=C/c2cnc3c(c2)NC[C@H](OP(=O)(O)O)C(=O)N3)oc2ccccc12. The number of furan rings is 1. The number of nitrogens with zero attached hydrogens (tertiary/aromatic N) is 2. The van der Waals surface area contributed by atoms with Gasteiger partial charge in [-0.15, -0.1) is 0 Å². The molecule has 0 spiro atoms. The highest BCUT2D eigenvalue weighted by Gasteiger charge is 2.31. The number of benzene rings is 1. The molecule has 2 amide bonds. The first-order valence-corrected chi connectivity index (χ1v) is 11.8. The van der Waals surface area contributed by atoms with Crippen LogP contribution < -0.4 is 10.6 Å². The number of anilines is 2. The van der Waals surface area contributed by atoms with E-state index in [9.17, 15) is 14.2 Å². The first-order valence-electron chi connectivity index (χ1n) is 10.3. The maximum Gasteiger partial charge on any atom is 0.470 e. The molecule has 34 heavy (non-hydrogen) atoms. The topological polar surface area (TPSA) is 154 Å². The predicted molar refractivity (Wildman–Crippen MR) is 125 cm³/mol. The molecule has 1 aliphatic rings. The average molecular weight is 486 g/mol. The monoisotopic (exact) mass is 486 g/mol. The molecule has 1 aliphatic heterocycles. The molecular weight excluding hydrogens is 463 g/mol. The van der Waals surface area contributed by atoms with Crippen LogP contribution in [0.4, 0.5) is 11.5 Å². The number of hydrogen-bond acceptors (Lipinski definition) is 7. The van der Waals surface area contributed by atoms with Gasteiger partial charge in [-0.3, -0.25) is 14.1 Å². The second-order valence-electron chi connectivity index (χ2n) is 7.79. The fourth-order valence-electron chi connectivity index (χ4n) is 3.51. The molecule has 12 heteroatoms. The molecule has 3 aromatic rings. The number of aromatic nitrogens is 1. The van der Waals surface area contributed by atoms with E-state index in [0.29, 0.717) is 23.6 Å². The van der Waals surface area contributed by atoms with Crippen LogP contribution in [0.25, 0.3) is 17.0 Å². The van der Waals surface area contributed by atoms with Gasteiger partial charge in [-0.05, 0) is 30.7 Å². The standard InChI is InChI=1S/C22H23N4O7P/c1-13-15-5-3-4-6-17(15)32-19(13)12-26(2)20(27)8-7-14-9-16-21(24-10-14)25-22(28)18(11-23-16)33-34(29,30)31/h3-10,18,23H,11-12H2,1-2H3,(H,24,25,28)(H2,29,30,31)/b8-7+/t18-/m0/s1. The third-order valence-electron chi connectivity index (χ3n) is 5.30. The van der Waals surface area contributed by atoms with Crippen LogP contribution in [0.5, 0.6) is 0 Å². The van der Waals surface area contributed by atoms with E-state index >= 15 is 0 Å². The molecule has 11 nitrogen and oxygen atoms in total. The van der Waals surface area contributed by atoms with E-state index in [1.54, 1.807) is 19.2 Å². The molecule has 0 aliphatic carbocycles. The number of nitrogens with one attached hydrogen (secondary N) is 2. The van der Waals surface area contributed by atoms with Gasteiger partial charge in [0.2, 0.25) is 5.91 Å². The minimum absolute atomic E-state index is 0.169. The Morgan fingerprint density at radius 2 is 2.15 bits per heavy atom. The number of hydrogen-bond donors (Lipinski definition) is 4. The molecule has 3 heterocycles. The van der Waals surface area contributed by atoms with Crippen LogP contribution >= 0.6 is 7.82 Å². The third-order valence-corrected chi connectivity index (χ3v) is 5.83. The van der Waals surface area contributed by atoms with Gasteiger partial charge in [-0.2, -0.15) is 0 Å². The summed E-state index contributed by atoms with van der Waals surface area (Å²) in [6.45, 7) is 2.09. The van der Waals surface area contributed by atoms with Gasteiger partial charge in [0.05, 0.1) is 18.8 Å². The smallest absolute Gasteiger partial charge is 0.459 e. The normalized spacial score (nSPS) is 16.1. The number of aryl methyl sites for hydroxylation is 1. The minimum Gasteiger partial charge on any atom is -0.459 e. The van der Waals surface area contributed by atoms with Gasteiger partial charge in [0.25, 0.3) is 5.91 Å². The van der Waals surface area contributed by atoms with Crippen LogP contribution in [-0.4, -0.2) is 51.2 Å².